The van der Waals surface area contributed by atoms with Gasteiger partial charge in [-0.25, -0.2) is 13.1 Å². The highest BCUT2D eigenvalue weighted by Crippen LogP contribution is 2.15. The molecule has 0 saturated heterocycles. The second-order valence-electron chi connectivity index (χ2n) is 4.39. The van der Waals surface area contributed by atoms with E-state index in [9.17, 15) is 8.42 Å². The molecule has 19 heavy (non-hydrogen) atoms. The van der Waals surface area contributed by atoms with Crippen molar-refractivity contribution in [2.75, 3.05) is 26.4 Å². The fourth-order valence-electron chi connectivity index (χ4n) is 1.49. The monoisotopic (exact) mass is 291 g/mol. The minimum atomic E-state index is -3.57. The van der Waals surface area contributed by atoms with Crippen LogP contribution < -0.4 is 4.72 Å². The Balaban J connectivity index is 2.67. The molecular formula is C11H21N3O4S. The lowest BCUT2D eigenvalue weighted by atomic mass is 10.4. The molecule has 0 unspecified atom stereocenters. The molecule has 110 valence electrons. The SMILES string of the molecule is Cc1nn(C(C)C)cc1S(=O)(=O)NCCOCCO. The van der Waals surface area contributed by atoms with Crippen LogP contribution in [0.3, 0.4) is 0 Å². The fraction of sp³-hybridized carbons (Fsp3) is 0.727. The highest BCUT2D eigenvalue weighted by molar-refractivity contribution is 7.89. The summed E-state index contributed by atoms with van der Waals surface area (Å²) < 4.78 is 33.2. The third-order valence-electron chi connectivity index (χ3n) is 2.46. The number of nitrogens with zero attached hydrogens (tertiary/aromatic N) is 2. The molecule has 0 aliphatic heterocycles. The Kier molecular flexibility index (Phi) is 5.92. The van der Waals surface area contributed by atoms with E-state index in [-0.39, 0.29) is 37.3 Å². The van der Waals surface area contributed by atoms with E-state index in [1.54, 1.807) is 11.6 Å². The standard InChI is InChI=1S/C11H21N3O4S/c1-9(2)14-8-11(10(3)13-14)19(16,17)12-4-6-18-7-5-15/h8-9,12,15H,4-7H2,1-3H3. The number of rotatable bonds is 8. The normalized spacial score (nSPS) is 12.3. The Labute approximate surface area is 113 Å². The number of aliphatic hydroxyl groups is 1. The van der Waals surface area contributed by atoms with Crippen LogP contribution in [-0.4, -0.2) is 49.7 Å². The summed E-state index contributed by atoms with van der Waals surface area (Å²) in [5.41, 5.74) is 0.470. The zero-order chi connectivity index (χ0) is 14.5. The van der Waals surface area contributed by atoms with E-state index in [1.807, 2.05) is 13.8 Å². The molecule has 0 fully saturated rings. The minimum Gasteiger partial charge on any atom is -0.394 e. The van der Waals surface area contributed by atoms with Gasteiger partial charge in [0.1, 0.15) is 4.90 Å². The van der Waals surface area contributed by atoms with Crippen LogP contribution in [0.1, 0.15) is 25.6 Å². The second kappa shape index (κ2) is 6.99. The summed E-state index contributed by atoms with van der Waals surface area (Å²) in [6, 6.07) is 0.107. The largest absolute Gasteiger partial charge is 0.394 e. The molecule has 0 radical (unpaired) electrons. The van der Waals surface area contributed by atoms with Gasteiger partial charge in [-0.3, -0.25) is 4.68 Å². The molecule has 0 bridgehead atoms. The highest BCUT2D eigenvalue weighted by Gasteiger charge is 2.20. The Bertz CT molecular complexity index is 496. The lowest BCUT2D eigenvalue weighted by Gasteiger charge is -2.06. The number of nitrogens with one attached hydrogen (secondary N) is 1. The Morgan fingerprint density at radius 3 is 2.68 bits per heavy atom. The number of hydrogen-bond donors (Lipinski definition) is 2. The van der Waals surface area contributed by atoms with Gasteiger partial charge in [0.2, 0.25) is 10.0 Å². The van der Waals surface area contributed by atoms with Crippen molar-refractivity contribution in [2.45, 2.75) is 31.7 Å². The maximum Gasteiger partial charge on any atom is 0.244 e. The highest BCUT2D eigenvalue weighted by atomic mass is 32.2. The average molecular weight is 291 g/mol. The number of aliphatic hydroxyl groups excluding tert-OH is 1. The molecule has 0 aliphatic carbocycles. The zero-order valence-corrected chi connectivity index (χ0v) is 12.3. The Hall–Kier alpha value is -0.960. The Morgan fingerprint density at radius 1 is 1.47 bits per heavy atom. The topological polar surface area (TPSA) is 93.5 Å². The molecule has 0 atom stereocenters. The van der Waals surface area contributed by atoms with Crippen molar-refractivity contribution in [1.29, 1.82) is 0 Å². The van der Waals surface area contributed by atoms with Crippen molar-refractivity contribution in [1.82, 2.24) is 14.5 Å². The van der Waals surface area contributed by atoms with E-state index < -0.39 is 10.0 Å². The van der Waals surface area contributed by atoms with Gasteiger partial charge in [-0.1, -0.05) is 0 Å². The van der Waals surface area contributed by atoms with Gasteiger partial charge >= 0.3 is 0 Å². The molecule has 0 amide bonds. The first kappa shape index (κ1) is 16.1. The van der Waals surface area contributed by atoms with Crippen molar-refractivity contribution in [2.24, 2.45) is 0 Å². The van der Waals surface area contributed by atoms with Gasteiger partial charge in [0.05, 0.1) is 25.5 Å². The van der Waals surface area contributed by atoms with E-state index in [0.29, 0.717) is 5.69 Å². The summed E-state index contributed by atoms with van der Waals surface area (Å²) in [7, 11) is -3.57. The van der Waals surface area contributed by atoms with Crippen LogP contribution in [0.15, 0.2) is 11.1 Å². The zero-order valence-electron chi connectivity index (χ0n) is 11.5. The van der Waals surface area contributed by atoms with Crippen molar-refractivity contribution >= 4 is 10.0 Å². The van der Waals surface area contributed by atoms with Crippen molar-refractivity contribution in [3.05, 3.63) is 11.9 Å². The number of sulfonamides is 1. The second-order valence-corrected chi connectivity index (χ2v) is 6.12. The third kappa shape index (κ3) is 4.57. The lowest BCUT2D eigenvalue weighted by molar-refractivity contribution is 0.0961. The van der Waals surface area contributed by atoms with E-state index in [0.717, 1.165) is 0 Å². The predicted molar refractivity (Wildman–Crippen MR) is 70.4 cm³/mol. The predicted octanol–water partition coefficient (Wildman–Crippen LogP) is 0.0596. The molecule has 7 nitrogen and oxygen atoms in total. The third-order valence-corrected chi connectivity index (χ3v) is 4.03. The van der Waals surface area contributed by atoms with E-state index in [4.69, 9.17) is 9.84 Å². The summed E-state index contributed by atoms with van der Waals surface area (Å²) in [6.45, 7) is 6.03. The molecule has 1 rings (SSSR count). The number of hydrogen-bond acceptors (Lipinski definition) is 5. The van der Waals surface area contributed by atoms with Crippen molar-refractivity contribution < 1.29 is 18.3 Å². The summed E-state index contributed by atoms with van der Waals surface area (Å²) in [5.74, 6) is 0. The number of aryl methyl sites for hydroxylation is 1. The van der Waals surface area contributed by atoms with Crippen LogP contribution in [0.5, 0.6) is 0 Å². The van der Waals surface area contributed by atoms with Crippen LogP contribution in [0.2, 0.25) is 0 Å². The van der Waals surface area contributed by atoms with Crippen LogP contribution in [0, 0.1) is 6.92 Å². The quantitative estimate of drug-likeness (QED) is 0.661. The molecular weight excluding hydrogens is 270 g/mol. The van der Waals surface area contributed by atoms with E-state index in [2.05, 4.69) is 9.82 Å². The molecule has 0 aliphatic rings. The minimum absolute atomic E-state index is 0.0764. The van der Waals surface area contributed by atoms with E-state index in [1.165, 1.54) is 6.20 Å². The molecule has 0 aromatic carbocycles. The number of ether oxygens (including phenoxy) is 1. The summed E-state index contributed by atoms with van der Waals surface area (Å²) in [6.07, 6.45) is 1.52. The van der Waals surface area contributed by atoms with Crippen LogP contribution in [-0.2, 0) is 14.8 Å². The molecule has 1 aromatic heterocycles. The van der Waals surface area contributed by atoms with Gasteiger partial charge in [0, 0.05) is 18.8 Å². The smallest absolute Gasteiger partial charge is 0.244 e. The van der Waals surface area contributed by atoms with Crippen molar-refractivity contribution in [3.8, 4) is 0 Å². The first-order valence-electron chi connectivity index (χ1n) is 6.12. The molecule has 0 saturated carbocycles. The fourth-order valence-corrected chi connectivity index (χ4v) is 2.67. The molecule has 1 heterocycles. The summed E-state index contributed by atoms with van der Waals surface area (Å²) in [5, 5.41) is 12.7. The molecule has 0 spiro atoms. The van der Waals surface area contributed by atoms with Gasteiger partial charge in [0.25, 0.3) is 0 Å². The molecule has 1 aromatic rings. The van der Waals surface area contributed by atoms with Crippen LogP contribution >= 0.6 is 0 Å². The maximum atomic E-state index is 12.1. The van der Waals surface area contributed by atoms with Crippen LogP contribution in [0.25, 0.3) is 0 Å². The van der Waals surface area contributed by atoms with E-state index >= 15 is 0 Å². The molecule has 8 heteroatoms. The maximum absolute atomic E-state index is 12.1. The van der Waals surface area contributed by atoms with Gasteiger partial charge < -0.3 is 9.84 Å². The summed E-state index contributed by atoms with van der Waals surface area (Å²) >= 11 is 0. The first-order valence-corrected chi connectivity index (χ1v) is 7.61. The summed E-state index contributed by atoms with van der Waals surface area (Å²) in [4.78, 5) is 0.184. The first-order chi connectivity index (χ1) is 8.88. The number of aromatic nitrogens is 2. The Morgan fingerprint density at radius 2 is 2.16 bits per heavy atom. The van der Waals surface area contributed by atoms with Crippen molar-refractivity contribution in [3.63, 3.8) is 0 Å². The van der Waals surface area contributed by atoms with Gasteiger partial charge in [-0.2, -0.15) is 5.10 Å². The lowest BCUT2D eigenvalue weighted by Crippen LogP contribution is -2.28. The van der Waals surface area contributed by atoms with Gasteiger partial charge in [-0.15, -0.1) is 0 Å². The molecule has 2 N–H and O–H groups in total. The van der Waals surface area contributed by atoms with Gasteiger partial charge in [-0.05, 0) is 20.8 Å². The average Bonchev–Trinajstić information content (AvgIpc) is 2.72. The van der Waals surface area contributed by atoms with Gasteiger partial charge in [0.15, 0.2) is 0 Å². The van der Waals surface area contributed by atoms with Crippen LogP contribution in [0.4, 0.5) is 0 Å².